The number of anilines is 1. The lowest BCUT2D eigenvalue weighted by Crippen LogP contribution is -2.34. The number of nitrogens with zero attached hydrogens (tertiary/aromatic N) is 1. The van der Waals surface area contributed by atoms with E-state index in [2.05, 4.69) is 22.5 Å². The summed E-state index contributed by atoms with van der Waals surface area (Å²) in [6.07, 6.45) is 3.76. The molecule has 1 aromatic rings. The molecule has 0 saturated carbocycles. The highest BCUT2D eigenvalue weighted by molar-refractivity contribution is 7.99. The number of nitrogens with one attached hydrogen (secondary N) is 2. The van der Waals surface area contributed by atoms with E-state index < -0.39 is 0 Å². The summed E-state index contributed by atoms with van der Waals surface area (Å²) in [6.45, 7) is 3.01. The number of carbonyl (C=O) groups is 1. The SMILES string of the molecule is CCCNc1ccc(C(=O)NC2CCSC2)cn1. The highest BCUT2D eigenvalue weighted by Crippen LogP contribution is 2.17. The zero-order valence-corrected chi connectivity index (χ0v) is 11.4. The Morgan fingerprint density at radius 1 is 1.56 bits per heavy atom. The predicted octanol–water partition coefficient (Wildman–Crippen LogP) is 2.14. The van der Waals surface area contributed by atoms with E-state index in [0.717, 1.165) is 36.7 Å². The summed E-state index contributed by atoms with van der Waals surface area (Å²) in [6, 6.07) is 4.00. The molecule has 18 heavy (non-hydrogen) atoms. The van der Waals surface area contributed by atoms with E-state index in [1.165, 1.54) is 0 Å². The molecule has 0 aromatic carbocycles. The molecule has 0 radical (unpaired) electrons. The molecular formula is C13H19N3OS. The van der Waals surface area contributed by atoms with Crippen molar-refractivity contribution in [1.82, 2.24) is 10.3 Å². The van der Waals surface area contributed by atoms with Gasteiger partial charge in [0.25, 0.3) is 5.91 Å². The van der Waals surface area contributed by atoms with Crippen molar-refractivity contribution in [2.75, 3.05) is 23.4 Å². The van der Waals surface area contributed by atoms with Crippen molar-refractivity contribution in [1.29, 1.82) is 0 Å². The summed E-state index contributed by atoms with van der Waals surface area (Å²) >= 11 is 1.89. The Bertz CT molecular complexity index is 388. The maximum atomic E-state index is 11.9. The van der Waals surface area contributed by atoms with Gasteiger partial charge in [-0.3, -0.25) is 4.79 Å². The van der Waals surface area contributed by atoms with Crippen LogP contribution in [0.3, 0.4) is 0 Å². The molecule has 0 bridgehead atoms. The minimum absolute atomic E-state index is 0.0166. The topological polar surface area (TPSA) is 54.0 Å². The Balaban J connectivity index is 1.89. The van der Waals surface area contributed by atoms with Crippen molar-refractivity contribution in [2.24, 2.45) is 0 Å². The lowest BCUT2D eigenvalue weighted by Gasteiger charge is -2.11. The predicted molar refractivity (Wildman–Crippen MR) is 76.2 cm³/mol. The van der Waals surface area contributed by atoms with Crippen LogP contribution in [-0.2, 0) is 0 Å². The van der Waals surface area contributed by atoms with E-state index in [1.54, 1.807) is 6.20 Å². The first kappa shape index (κ1) is 13.2. The van der Waals surface area contributed by atoms with Crippen molar-refractivity contribution in [3.8, 4) is 0 Å². The number of thioether (sulfide) groups is 1. The second kappa shape index (κ2) is 6.64. The van der Waals surface area contributed by atoms with Gasteiger partial charge in [-0.15, -0.1) is 0 Å². The summed E-state index contributed by atoms with van der Waals surface area (Å²) < 4.78 is 0. The van der Waals surface area contributed by atoms with Gasteiger partial charge < -0.3 is 10.6 Å². The molecule has 5 heteroatoms. The van der Waals surface area contributed by atoms with Crippen LogP contribution in [0.15, 0.2) is 18.3 Å². The van der Waals surface area contributed by atoms with Gasteiger partial charge >= 0.3 is 0 Å². The molecule has 1 fully saturated rings. The summed E-state index contributed by atoms with van der Waals surface area (Å²) in [5.74, 6) is 2.97. The van der Waals surface area contributed by atoms with E-state index >= 15 is 0 Å². The van der Waals surface area contributed by atoms with Crippen molar-refractivity contribution < 1.29 is 4.79 Å². The molecule has 2 N–H and O–H groups in total. The number of rotatable bonds is 5. The molecule has 2 rings (SSSR count). The zero-order valence-electron chi connectivity index (χ0n) is 10.6. The molecule has 1 unspecified atom stereocenters. The van der Waals surface area contributed by atoms with Gasteiger partial charge in [0.05, 0.1) is 5.56 Å². The quantitative estimate of drug-likeness (QED) is 0.856. The van der Waals surface area contributed by atoms with E-state index in [-0.39, 0.29) is 5.91 Å². The minimum atomic E-state index is -0.0166. The fraction of sp³-hybridized carbons (Fsp3) is 0.538. The first-order chi connectivity index (χ1) is 8.79. The van der Waals surface area contributed by atoms with Crippen LogP contribution >= 0.6 is 11.8 Å². The molecule has 1 aromatic heterocycles. The van der Waals surface area contributed by atoms with Crippen LogP contribution in [0, 0.1) is 0 Å². The Kier molecular flexibility index (Phi) is 4.87. The molecule has 0 spiro atoms. The summed E-state index contributed by atoms with van der Waals surface area (Å²) in [7, 11) is 0. The third kappa shape index (κ3) is 3.63. The third-order valence-electron chi connectivity index (χ3n) is 2.85. The van der Waals surface area contributed by atoms with E-state index in [4.69, 9.17) is 0 Å². The van der Waals surface area contributed by atoms with Gasteiger partial charge in [-0.05, 0) is 30.7 Å². The number of carbonyl (C=O) groups excluding carboxylic acids is 1. The standard InChI is InChI=1S/C13H19N3OS/c1-2-6-14-12-4-3-10(8-15-12)13(17)16-11-5-7-18-9-11/h3-4,8,11H,2,5-7,9H2,1H3,(H,14,15)(H,16,17). The Labute approximate surface area is 112 Å². The molecule has 98 valence electrons. The highest BCUT2D eigenvalue weighted by atomic mass is 32.2. The molecule has 2 heterocycles. The molecular weight excluding hydrogens is 246 g/mol. The zero-order chi connectivity index (χ0) is 12.8. The van der Waals surface area contributed by atoms with Crippen LogP contribution in [0.1, 0.15) is 30.1 Å². The van der Waals surface area contributed by atoms with Crippen molar-refractivity contribution in [2.45, 2.75) is 25.8 Å². The Morgan fingerprint density at radius 2 is 2.44 bits per heavy atom. The van der Waals surface area contributed by atoms with Crippen LogP contribution in [0.4, 0.5) is 5.82 Å². The third-order valence-corrected chi connectivity index (χ3v) is 4.01. The molecule has 4 nitrogen and oxygen atoms in total. The normalized spacial score (nSPS) is 18.6. The number of hydrogen-bond acceptors (Lipinski definition) is 4. The van der Waals surface area contributed by atoms with E-state index in [1.807, 2.05) is 23.9 Å². The molecule has 1 atom stereocenters. The average molecular weight is 265 g/mol. The number of pyridine rings is 1. The van der Waals surface area contributed by atoms with Crippen LogP contribution in [0.25, 0.3) is 0 Å². The largest absolute Gasteiger partial charge is 0.370 e. The Morgan fingerprint density at radius 3 is 3.06 bits per heavy atom. The molecule has 1 saturated heterocycles. The summed E-state index contributed by atoms with van der Waals surface area (Å²) in [5.41, 5.74) is 0.633. The van der Waals surface area contributed by atoms with Crippen molar-refractivity contribution >= 4 is 23.5 Å². The number of amides is 1. The van der Waals surface area contributed by atoms with Gasteiger partial charge in [0.1, 0.15) is 5.82 Å². The first-order valence-corrected chi connectivity index (χ1v) is 7.53. The highest BCUT2D eigenvalue weighted by Gasteiger charge is 2.18. The molecule has 1 aliphatic rings. The van der Waals surface area contributed by atoms with E-state index in [9.17, 15) is 4.79 Å². The lowest BCUT2D eigenvalue weighted by atomic mass is 10.2. The molecule has 1 amide bonds. The van der Waals surface area contributed by atoms with Gasteiger partial charge in [0.2, 0.25) is 0 Å². The van der Waals surface area contributed by atoms with Crippen LogP contribution in [-0.4, -0.2) is 35.0 Å². The van der Waals surface area contributed by atoms with Crippen LogP contribution in [0.5, 0.6) is 0 Å². The monoisotopic (exact) mass is 265 g/mol. The second-order valence-electron chi connectivity index (χ2n) is 4.39. The van der Waals surface area contributed by atoms with Gasteiger partial charge in [0, 0.05) is 24.5 Å². The van der Waals surface area contributed by atoms with Crippen molar-refractivity contribution in [3.63, 3.8) is 0 Å². The van der Waals surface area contributed by atoms with Gasteiger partial charge in [0.15, 0.2) is 0 Å². The van der Waals surface area contributed by atoms with Crippen molar-refractivity contribution in [3.05, 3.63) is 23.9 Å². The minimum Gasteiger partial charge on any atom is -0.370 e. The fourth-order valence-electron chi connectivity index (χ4n) is 1.80. The fourth-order valence-corrected chi connectivity index (χ4v) is 2.96. The number of hydrogen-bond donors (Lipinski definition) is 2. The smallest absolute Gasteiger partial charge is 0.253 e. The first-order valence-electron chi connectivity index (χ1n) is 6.38. The van der Waals surface area contributed by atoms with E-state index in [0.29, 0.717) is 11.6 Å². The van der Waals surface area contributed by atoms with Gasteiger partial charge in [-0.25, -0.2) is 4.98 Å². The summed E-state index contributed by atoms with van der Waals surface area (Å²) in [5, 5.41) is 6.23. The Hall–Kier alpha value is -1.23. The lowest BCUT2D eigenvalue weighted by molar-refractivity contribution is 0.0941. The second-order valence-corrected chi connectivity index (χ2v) is 5.54. The maximum absolute atomic E-state index is 11.9. The van der Waals surface area contributed by atoms with Gasteiger partial charge in [-0.1, -0.05) is 6.92 Å². The summed E-state index contributed by atoms with van der Waals surface area (Å²) in [4.78, 5) is 16.2. The maximum Gasteiger partial charge on any atom is 0.253 e. The number of aromatic nitrogens is 1. The van der Waals surface area contributed by atoms with Crippen LogP contribution < -0.4 is 10.6 Å². The van der Waals surface area contributed by atoms with Crippen LogP contribution in [0.2, 0.25) is 0 Å². The molecule has 1 aliphatic heterocycles. The average Bonchev–Trinajstić information content (AvgIpc) is 2.89. The van der Waals surface area contributed by atoms with Gasteiger partial charge in [-0.2, -0.15) is 11.8 Å². The molecule has 0 aliphatic carbocycles.